The maximum absolute atomic E-state index is 13.7. The first-order valence-electron chi connectivity index (χ1n) is 15.0. The molecule has 4 saturated carbocycles. The second kappa shape index (κ2) is 9.69. The zero-order valence-electron chi connectivity index (χ0n) is 23.6. The topological polar surface area (TPSA) is 113 Å². The third-order valence-corrected chi connectivity index (χ3v) is 11.8. The SMILES string of the molecule is CS(=O)(=O)N1CCC(O)(c2ccc(N3CCN(C(=O)NC4[C@@H]5CC6C[C@H]4CC(O)(C6)C5)c4ccccc43)cc2)CC1. The number of piperidine rings is 1. The third kappa shape index (κ3) is 4.82. The lowest BCUT2D eigenvalue weighted by molar-refractivity contribution is -0.136. The minimum atomic E-state index is -3.26. The number of anilines is 3. The summed E-state index contributed by atoms with van der Waals surface area (Å²) in [6, 6.07) is 15.9. The molecular formula is C31H40N4O5S. The fourth-order valence-electron chi connectivity index (χ4n) is 8.71. The van der Waals surface area contributed by atoms with Gasteiger partial charge in [0.05, 0.1) is 28.8 Å². The zero-order valence-corrected chi connectivity index (χ0v) is 24.4. The lowest BCUT2D eigenvalue weighted by Crippen LogP contribution is -2.63. The molecule has 8 rings (SSSR count). The number of carbonyl (C=O) groups is 1. The first-order valence-corrected chi connectivity index (χ1v) is 16.8. The summed E-state index contributed by atoms with van der Waals surface area (Å²) in [6.07, 6.45) is 6.67. The van der Waals surface area contributed by atoms with Crippen LogP contribution in [0.5, 0.6) is 0 Å². The van der Waals surface area contributed by atoms with Crippen LogP contribution in [0.3, 0.4) is 0 Å². The molecule has 4 bridgehead atoms. The van der Waals surface area contributed by atoms with Gasteiger partial charge in [0.15, 0.2) is 0 Å². The second-order valence-electron chi connectivity index (χ2n) is 13.2. The number of carbonyl (C=O) groups excluding carboxylic acids is 1. The summed E-state index contributed by atoms with van der Waals surface area (Å²) in [5, 5.41) is 25.6. The van der Waals surface area contributed by atoms with E-state index < -0.39 is 21.2 Å². The van der Waals surface area contributed by atoms with Crippen LogP contribution in [0.1, 0.15) is 50.5 Å². The Morgan fingerprint density at radius 3 is 2.12 bits per heavy atom. The molecule has 10 heteroatoms. The van der Waals surface area contributed by atoms with Crippen molar-refractivity contribution in [3.8, 4) is 0 Å². The number of urea groups is 1. The van der Waals surface area contributed by atoms with Gasteiger partial charge in [-0.2, -0.15) is 0 Å². The number of sulfonamides is 1. The van der Waals surface area contributed by atoms with Crippen LogP contribution in [0.2, 0.25) is 0 Å². The summed E-state index contributed by atoms with van der Waals surface area (Å²) in [7, 11) is -3.26. The van der Waals surface area contributed by atoms with Crippen LogP contribution in [-0.2, 0) is 15.6 Å². The molecule has 5 atom stereocenters. The molecule has 1 saturated heterocycles. The van der Waals surface area contributed by atoms with Gasteiger partial charge in [0.1, 0.15) is 0 Å². The van der Waals surface area contributed by atoms with Crippen LogP contribution in [0.25, 0.3) is 0 Å². The van der Waals surface area contributed by atoms with Crippen LogP contribution in [0.4, 0.5) is 21.9 Å². The van der Waals surface area contributed by atoms with Gasteiger partial charge in [-0.05, 0) is 92.5 Å². The molecule has 41 heavy (non-hydrogen) atoms. The molecule has 3 N–H and O–H groups in total. The fraction of sp³-hybridized carbons (Fsp3) is 0.581. The van der Waals surface area contributed by atoms with E-state index in [2.05, 4.69) is 10.2 Å². The molecule has 6 aliphatic rings. The summed E-state index contributed by atoms with van der Waals surface area (Å²) in [5.74, 6) is 1.32. The molecule has 2 aliphatic heterocycles. The van der Waals surface area contributed by atoms with Crippen LogP contribution in [-0.4, -0.2) is 73.0 Å². The van der Waals surface area contributed by atoms with Crippen molar-refractivity contribution >= 4 is 33.1 Å². The minimum Gasteiger partial charge on any atom is -0.390 e. The van der Waals surface area contributed by atoms with Gasteiger partial charge in [-0.15, -0.1) is 0 Å². The maximum Gasteiger partial charge on any atom is 0.322 e. The van der Waals surface area contributed by atoms with E-state index in [1.807, 2.05) is 53.4 Å². The van der Waals surface area contributed by atoms with E-state index in [1.54, 1.807) is 0 Å². The number of hydrogen-bond donors (Lipinski definition) is 3. The largest absolute Gasteiger partial charge is 0.390 e. The van der Waals surface area contributed by atoms with Crippen molar-refractivity contribution < 1.29 is 23.4 Å². The monoisotopic (exact) mass is 580 g/mol. The van der Waals surface area contributed by atoms with E-state index in [-0.39, 0.29) is 12.1 Å². The Hall–Kier alpha value is -2.66. The Morgan fingerprint density at radius 1 is 0.878 bits per heavy atom. The van der Waals surface area contributed by atoms with Crippen LogP contribution < -0.4 is 15.1 Å². The van der Waals surface area contributed by atoms with Crippen molar-refractivity contribution in [2.24, 2.45) is 17.8 Å². The second-order valence-corrected chi connectivity index (χ2v) is 15.2. The van der Waals surface area contributed by atoms with Crippen molar-refractivity contribution in [3.05, 3.63) is 54.1 Å². The molecular weight excluding hydrogens is 540 g/mol. The molecule has 2 aromatic carbocycles. The van der Waals surface area contributed by atoms with Crippen LogP contribution in [0, 0.1) is 17.8 Å². The van der Waals surface area contributed by atoms with Crippen LogP contribution >= 0.6 is 0 Å². The van der Waals surface area contributed by atoms with Gasteiger partial charge >= 0.3 is 6.03 Å². The predicted molar refractivity (Wildman–Crippen MR) is 158 cm³/mol. The first-order chi connectivity index (χ1) is 19.5. The minimum absolute atomic E-state index is 0.0560. The molecule has 0 spiro atoms. The van der Waals surface area contributed by atoms with Gasteiger partial charge in [-0.25, -0.2) is 17.5 Å². The number of nitrogens with zero attached hydrogens (tertiary/aromatic N) is 3. The quantitative estimate of drug-likeness (QED) is 0.510. The Bertz CT molecular complexity index is 1420. The van der Waals surface area contributed by atoms with Gasteiger partial charge in [0.2, 0.25) is 10.0 Å². The Labute approximate surface area is 242 Å². The molecule has 2 amide bonds. The molecule has 2 aromatic rings. The highest BCUT2D eigenvalue weighted by molar-refractivity contribution is 7.88. The van der Waals surface area contributed by atoms with E-state index in [0.29, 0.717) is 56.8 Å². The highest BCUT2D eigenvalue weighted by Gasteiger charge is 2.55. The third-order valence-electron chi connectivity index (χ3n) is 10.5. The van der Waals surface area contributed by atoms with Crippen molar-refractivity contribution in [1.29, 1.82) is 0 Å². The molecule has 220 valence electrons. The average molecular weight is 581 g/mol. The summed E-state index contributed by atoms with van der Waals surface area (Å²) in [4.78, 5) is 17.7. The summed E-state index contributed by atoms with van der Waals surface area (Å²) >= 11 is 0. The average Bonchev–Trinajstić information content (AvgIpc) is 2.93. The van der Waals surface area contributed by atoms with E-state index in [9.17, 15) is 23.4 Å². The first kappa shape index (κ1) is 27.2. The number of aliphatic hydroxyl groups is 2. The lowest BCUT2D eigenvalue weighted by atomic mass is 9.52. The van der Waals surface area contributed by atoms with Crippen molar-refractivity contribution in [2.45, 2.75) is 62.2 Å². The summed E-state index contributed by atoms with van der Waals surface area (Å²) in [6.45, 7) is 1.79. The molecule has 3 unspecified atom stereocenters. The van der Waals surface area contributed by atoms with Crippen LogP contribution in [0.15, 0.2) is 48.5 Å². The molecule has 2 heterocycles. The summed E-state index contributed by atoms with van der Waals surface area (Å²) in [5.41, 5.74) is 2.03. The zero-order chi connectivity index (χ0) is 28.6. The van der Waals surface area contributed by atoms with Gasteiger partial charge in [0.25, 0.3) is 0 Å². The number of nitrogens with one attached hydrogen (secondary N) is 1. The highest BCUT2D eigenvalue weighted by Crippen LogP contribution is 2.55. The number of rotatable bonds is 4. The lowest BCUT2D eigenvalue weighted by Gasteiger charge is -2.58. The normalized spacial score (nSPS) is 32.6. The maximum atomic E-state index is 13.7. The van der Waals surface area contributed by atoms with Crippen molar-refractivity contribution in [3.63, 3.8) is 0 Å². The predicted octanol–water partition coefficient (Wildman–Crippen LogP) is 3.54. The van der Waals surface area contributed by atoms with E-state index >= 15 is 0 Å². The smallest absolute Gasteiger partial charge is 0.322 e. The van der Waals surface area contributed by atoms with Gasteiger partial charge in [-0.3, -0.25) is 4.90 Å². The van der Waals surface area contributed by atoms with E-state index in [4.69, 9.17) is 0 Å². The molecule has 0 aromatic heterocycles. The van der Waals surface area contributed by atoms with E-state index in [1.165, 1.54) is 10.6 Å². The van der Waals surface area contributed by atoms with Gasteiger partial charge < -0.3 is 20.4 Å². The van der Waals surface area contributed by atoms with E-state index in [0.717, 1.165) is 54.7 Å². The van der Waals surface area contributed by atoms with Crippen molar-refractivity contribution in [2.75, 3.05) is 42.2 Å². The number of amides is 2. The molecule has 9 nitrogen and oxygen atoms in total. The number of para-hydroxylation sites is 2. The number of hydrogen-bond acceptors (Lipinski definition) is 6. The van der Waals surface area contributed by atoms with Gasteiger partial charge in [-0.1, -0.05) is 24.3 Å². The Balaban J connectivity index is 1.06. The molecule has 5 fully saturated rings. The Morgan fingerprint density at radius 2 is 1.51 bits per heavy atom. The Kier molecular flexibility index (Phi) is 6.43. The fourth-order valence-corrected chi connectivity index (χ4v) is 9.55. The number of fused-ring (bicyclic) bond motifs is 1. The van der Waals surface area contributed by atoms with Crippen molar-refractivity contribution in [1.82, 2.24) is 9.62 Å². The molecule has 4 aliphatic carbocycles. The number of benzene rings is 2. The standard InChI is InChI=1S/C31H40N4O5S/c1-41(39,40)33-12-10-31(38,11-13-33)24-6-8-25(9-7-24)34-14-15-35(27-5-3-2-4-26(27)34)29(36)32-28-22-16-21-17-23(28)20-30(37,18-21)19-22/h2-9,21-23,28,37-38H,10-20H2,1H3,(H,32,36)/t21?,22-,23+,28?,30?. The summed E-state index contributed by atoms with van der Waals surface area (Å²) < 4.78 is 25.2. The highest BCUT2D eigenvalue weighted by atomic mass is 32.2. The van der Waals surface area contributed by atoms with Gasteiger partial charge in [0, 0.05) is 37.9 Å². The molecule has 0 radical (unpaired) electrons.